The van der Waals surface area contributed by atoms with Crippen molar-refractivity contribution in [3.63, 3.8) is 0 Å². The number of halogens is 7. The second kappa shape index (κ2) is 5.79. The molecule has 0 bridgehead atoms. The van der Waals surface area contributed by atoms with E-state index in [1.807, 2.05) is 55.4 Å². The molecule has 0 aromatic carbocycles. The Balaban J connectivity index is 0.000000322. The molecule has 2 rings (SSSR count). The molecule has 0 aliphatic heterocycles. The number of aromatic nitrogens is 2. The van der Waals surface area contributed by atoms with E-state index in [0.29, 0.717) is 5.03 Å². The fourth-order valence-electron chi connectivity index (χ4n) is 1.42. The van der Waals surface area contributed by atoms with E-state index in [0.717, 1.165) is 11.1 Å². The normalized spacial score (nSPS) is 15.3. The van der Waals surface area contributed by atoms with Gasteiger partial charge in [-0.25, -0.2) is 9.09 Å². The maximum atomic E-state index is 9.87. The Morgan fingerprint density at radius 1 is 1.17 bits per heavy atom. The van der Waals surface area contributed by atoms with Gasteiger partial charge in [-0.15, -0.1) is 0 Å². The van der Waals surface area contributed by atoms with Gasteiger partial charge in [0.1, 0.15) is 14.1 Å². The summed E-state index contributed by atoms with van der Waals surface area (Å²) in [5, 5.41) is 4.92. The first-order chi connectivity index (χ1) is 10.1. The average Bonchev–Trinajstić information content (AvgIpc) is 2.76. The van der Waals surface area contributed by atoms with Crippen LogP contribution in [0.1, 0.15) is 5.56 Å². The van der Waals surface area contributed by atoms with E-state index in [4.69, 9.17) is 11.6 Å². The van der Waals surface area contributed by atoms with Crippen LogP contribution in [0.5, 0.6) is 0 Å². The summed E-state index contributed by atoms with van der Waals surface area (Å²) in [5.41, 5.74) is 1.95. The monoisotopic (exact) mass is 379 g/mol. The van der Waals surface area contributed by atoms with Crippen molar-refractivity contribution in [2.75, 3.05) is 14.1 Å². The van der Waals surface area contributed by atoms with Gasteiger partial charge in [-0.3, -0.25) is 0 Å². The third kappa shape index (κ3) is 9.20. The first kappa shape index (κ1) is 19.4. The molecule has 130 valence electrons. The van der Waals surface area contributed by atoms with Crippen LogP contribution >= 0.6 is 19.4 Å². The molecular formula is C12H13ClF6N3P. The van der Waals surface area contributed by atoms with Crippen molar-refractivity contribution in [1.82, 2.24) is 9.61 Å². The third-order valence-corrected chi connectivity index (χ3v) is 2.53. The molecule has 2 aromatic heterocycles. The Morgan fingerprint density at radius 3 is 2.26 bits per heavy atom. The van der Waals surface area contributed by atoms with E-state index in [9.17, 15) is 25.2 Å². The Bertz CT molecular complexity index is 748. The molecule has 0 aliphatic rings. The summed E-state index contributed by atoms with van der Waals surface area (Å²) in [6.07, 6.45) is 7.46. The molecule has 0 amide bonds. The zero-order valence-corrected chi connectivity index (χ0v) is 13.6. The Hall–Kier alpha value is -1.60. The van der Waals surface area contributed by atoms with E-state index in [1.54, 1.807) is 10.7 Å². The van der Waals surface area contributed by atoms with Crippen molar-refractivity contribution in [3.8, 4) is 0 Å². The predicted molar refractivity (Wildman–Crippen MR) is 80.8 cm³/mol. The molecule has 0 aliphatic carbocycles. The van der Waals surface area contributed by atoms with Gasteiger partial charge >= 0.3 is 33.0 Å². The van der Waals surface area contributed by atoms with Crippen LogP contribution in [0.4, 0.5) is 25.2 Å². The SMILES string of the molecule is C[N+](C)=C/C=C(\Cl)c1cnn2ccccc12.F[P-](F)(F)(F)(F)F. The zero-order valence-electron chi connectivity index (χ0n) is 12.0. The number of hydrogen-bond donors (Lipinski definition) is 0. The first-order valence-corrected chi connectivity index (χ1v) is 8.40. The molecule has 0 radical (unpaired) electrons. The van der Waals surface area contributed by atoms with Gasteiger partial charge in [0.15, 0.2) is 6.21 Å². The second-order valence-electron chi connectivity index (χ2n) is 4.67. The quantitative estimate of drug-likeness (QED) is 0.286. The summed E-state index contributed by atoms with van der Waals surface area (Å²) >= 11 is 6.22. The van der Waals surface area contributed by atoms with E-state index in [2.05, 4.69) is 5.10 Å². The van der Waals surface area contributed by atoms with Gasteiger partial charge in [-0.2, -0.15) is 5.10 Å². The topological polar surface area (TPSA) is 20.3 Å². The fraction of sp³-hybridized carbons (Fsp3) is 0.167. The summed E-state index contributed by atoms with van der Waals surface area (Å²) in [5.74, 6) is 0. The van der Waals surface area contributed by atoms with Crippen LogP contribution in [-0.4, -0.2) is 34.5 Å². The van der Waals surface area contributed by atoms with Crippen molar-refractivity contribution in [3.05, 3.63) is 42.2 Å². The molecule has 0 atom stereocenters. The number of fused-ring (bicyclic) bond motifs is 1. The van der Waals surface area contributed by atoms with Crippen molar-refractivity contribution >= 4 is 36.2 Å². The first-order valence-electron chi connectivity index (χ1n) is 6.00. The molecule has 23 heavy (non-hydrogen) atoms. The van der Waals surface area contributed by atoms with Gasteiger partial charge in [0, 0.05) is 17.8 Å². The summed E-state index contributed by atoms with van der Waals surface area (Å²) in [7, 11) is -6.75. The van der Waals surface area contributed by atoms with Gasteiger partial charge in [0.05, 0.1) is 16.7 Å². The molecule has 3 nitrogen and oxygen atoms in total. The van der Waals surface area contributed by atoms with Gasteiger partial charge in [-0.1, -0.05) is 17.7 Å². The molecule has 11 heteroatoms. The van der Waals surface area contributed by atoms with Crippen LogP contribution in [0.15, 0.2) is 36.7 Å². The van der Waals surface area contributed by atoms with Crippen molar-refractivity contribution in [2.24, 2.45) is 0 Å². The standard InChI is InChI=1S/C12H13ClN3.F6P/c1-15(2)8-6-11(13)10-9-14-16-7-4-3-5-12(10)16;1-7(2,3,4,5)6/h3-9H,1-2H3;/q+1;-1. The molecule has 0 spiro atoms. The Labute approximate surface area is 132 Å². The van der Waals surface area contributed by atoms with Gasteiger partial charge in [0.2, 0.25) is 0 Å². The van der Waals surface area contributed by atoms with Gasteiger partial charge in [0.25, 0.3) is 0 Å². The van der Waals surface area contributed by atoms with Gasteiger partial charge < -0.3 is 0 Å². The summed E-state index contributed by atoms with van der Waals surface area (Å²) in [6, 6.07) is 5.90. The Morgan fingerprint density at radius 2 is 1.74 bits per heavy atom. The van der Waals surface area contributed by atoms with Crippen LogP contribution in [0.2, 0.25) is 0 Å². The molecule has 0 unspecified atom stereocenters. The van der Waals surface area contributed by atoms with E-state index in [1.165, 1.54) is 0 Å². The number of rotatable bonds is 2. The fourth-order valence-corrected chi connectivity index (χ4v) is 1.62. The van der Waals surface area contributed by atoms with Crippen LogP contribution in [0.3, 0.4) is 0 Å². The molecule has 0 N–H and O–H groups in total. The van der Waals surface area contributed by atoms with Crippen LogP contribution in [0, 0.1) is 0 Å². The van der Waals surface area contributed by atoms with E-state index >= 15 is 0 Å². The second-order valence-corrected chi connectivity index (χ2v) is 7.00. The molecule has 0 saturated heterocycles. The van der Waals surface area contributed by atoms with Crippen LogP contribution < -0.4 is 0 Å². The average molecular weight is 380 g/mol. The predicted octanol–water partition coefficient (Wildman–Crippen LogP) is 5.64. The minimum absolute atomic E-state index is 0.690. The Kier molecular flexibility index (Phi) is 4.90. The zero-order chi connectivity index (χ0) is 18.0. The third-order valence-electron chi connectivity index (χ3n) is 2.20. The van der Waals surface area contributed by atoms with E-state index in [-0.39, 0.29) is 0 Å². The maximum absolute atomic E-state index is 10.7. The molecule has 0 saturated carbocycles. The van der Waals surface area contributed by atoms with E-state index < -0.39 is 7.81 Å². The summed E-state index contributed by atoms with van der Waals surface area (Å²) in [4.78, 5) is 0. The summed E-state index contributed by atoms with van der Waals surface area (Å²) < 4.78 is 62.9. The van der Waals surface area contributed by atoms with Gasteiger partial charge in [-0.05, 0) is 12.1 Å². The molecule has 0 fully saturated rings. The molecule has 2 aromatic rings. The van der Waals surface area contributed by atoms with Crippen molar-refractivity contribution in [1.29, 1.82) is 0 Å². The number of pyridine rings is 1. The molecular weight excluding hydrogens is 367 g/mol. The summed E-state index contributed by atoms with van der Waals surface area (Å²) in [6.45, 7) is 0. The van der Waals surface area contributed by atoms with Crippen LogP contribution in [-0.2, 0) is 0 Å². The van der Waals surface area contributed by atoms with Crippen molar-refractivity contribution in [2.45, 2.75) is 0 Å². The number of hydrogen-bond acceptors (Lipinski definition) is 1. The van der Waals surface area contributed by atoms with Crippen molar-refractivity contribution < 1.29 is 29.8 Å². The number of nitrogens with zero attached hydrogens (tertiary/aromatic N) is 3. The minimum atomic E-state index is -10.7. The number of allylic oxidation sites excluding steroid dienone is 1. The van der Waals surface area contributed by atoms with Crippen LogP contribution in [0.25, 0.3) is 10.5 Å². The molecule has 2 heterocycles.